The van der Waals surface area contributed by atoms with Gasteiger partial charge in [0, 0.05) is 22.6 Å². The number of anilines is 1. The topological polar surface area (TPSA) is 12.5 Å². The number of rotatable bonds is 3. The summed E-state index contributed by atoms with van der Waals surface area (Å²) >= 11 is 9.53. The Morgan fingerprint density at radius 2 is 2.35 bits per heavy atom. The van der Waals surface area contributed by atoms with Gasteiger partial charge in [0.25, 0.3) is 0 Å². The molecule has 0 aromatic heterocycles. The van der Waals surface area contributed by atoms with Crippen molar-refractivity contribution < 1.29 is 4.74 Å². The first-order valence-corrected chi connectivity index (χ1v) is 7.27. The third-order valence-electron chi connectivity index (χ3n) is 3.19. The van der Waals surface area contributed by atoms with Crippen molar-refractivity contribution in [3.8, 4) is 0 Å². The molecule has 2 rings (SSSR count). The van der Waals surface area contributed by atoms with E-state index >= 15 is 0 Å². The lowest BCUT2D eigenvalue weighted by molar-refractivity contribution is 0.0929. The molecular formula is C13H17BrClNO. The molecule has 0 bridgehead atoms. The molecule has 2 nitrogen and oxygen atoms in total. The Hall–Kier alpha value is -0.250. The van der Waals surface area contributed by atoms with Crippen molar-refractivity contribution in [3.63, 3.8) is 0 Å². The molecule has 1 aromatic carbocycles. The number of nitrogens with zero attached hydrogens (tertiary/aromatic N) is 1. The van der Waals surface area contributed by atoms with Crippen molar-refractivity contribution in [2.24, 2.45) is 0 Å². The van der Waals surface area contributed by atoms with E-state index in [1.165, 1.54) is 11.3 Å². The second-order valence-electron chi connectivity index (χ2n) is 4.24. The van der Waals surface area contributed by atoms with Crippen molar-refractivity contribution in [3.05, 3.63) is 28.2 Å². The summed E-state index contributed by atoms with van der Waals surface area (Å²) in [5, 5.41) is 0. The SMILES string of the molecule is CCC1COCCN1c1ccc(Br)cc1CCl. The Morgan fingerprint density at radius 3 is 3.06 bits per heavy atom. The highest BCUT2D eigenvalue weighted by Gasteiger charge is 2.23. The number of benzene rings is 1. The van der Waals surface area contributed by atoms with Gasteiger partial charge in [-0.3, -0.25) is 0 Å². The maximum atomic E-state index is 6.04. The van der Waals surface area contributed by atoms with Crippen LogP contribution in [-0.2, 0) is 10.6 Å². The number of hydrogen-bond donors (Lipinski definition) is 0. The van der Waals surface area contributed by atoms with Gasteiger partial charge < -0.3 is 9.64 Å². The Morgan fingerprint density at radius 1 is 1.53 bits per heavy atom. The Labute approximate surface area is 116 Å². The van der Waals surface area contributed by atoms with Crippen LogP contribution in [0, 0.1) is 0 Å². The monoisotopic (exact) mass is 317 g/mol. The number of halogens is 2. The van der Waals surface area contributed by atoms with Crippen LogP contribution in [-0.4, -0.2) is 25.8 Å². The number of alkyl halides is 1. The van der Waals surface area contributed by atoms with Crippen LogP contribution in [0.5, 0.6) is 0 Å². The van der Waals surface area contributed by atoms with Crippen LogP contribution in [0.3, 0.4) is 0 Å². The molecule has 1 fully saturated rings. The summed E-state index contributed by atoms with van der Waals surface area (Å²) in [5.74, 6) is 0.544. The summed E-state index contributed by atoms with van der Waals surface area (Å²) in [6.45, 7) is 4.76. The van der Waals surface area contributed by atoms with E-state index < -0.39 is 0 Å². The Kier molecular flexibility index (Phi) is 4.71. The molecule has 1 atom stereocenters. The molecule has 17 heavy (non-hydrogen) atoms. The number of hydrogen-bond acceptors (Lipinski definition) is 2. The van der Waals surface area contributed by atoms with Gasteiger partial charge in [-0.05, 0) is 30.2 Å². The first-order chi connectivity index (χ1) is 8.26. The summed E-state index contributed by atoms with van der Waals surface area (Å²) in [4.78, 5) is 2.42. The first kappa shape index (κ1) is 13.2. The number of morpholine rings is 1. The molecule has 0 radical (unpaired) electrons. The highest BCUT2D eigenvalue weighted by atomic mass is 79.9. The van der Waals surface area contributed by atoms with Gasteiger partial charge in [0.05, 0.1) is 19.3 Å². The Balaban J connectivity index is 2.30. The van der Waals surface area contributed by atoms with Crippen LogP contribution < -0.4 is 4.90 Å². The molecule has 0 aliphatic carbocycles. The third kappa shape index (κ3) is 2.95. The predicted octanol–water partition coefficient (Wildman–Crippen LogP) is 3.80. The van der Waals surface area contributed by atoms with E-state index in [4.69, 9.17) is 16.3 Å². The molecule has 0 N–H and O–H groups in total. The average Bonchev–Trinajstić information content (AvgIpc) is 2.38. The van der Waals surface area contributed by atoms with Gasteiger partial charge in [-0.1, -0.05) is 22.9 Å². The molecule has 0 spiro atoms. The van der Waals surface area contributed by atoms with Crippen LogP contribution in [0.1, 0.15) is 18.9 Å². The fraction of sp³-hybridized carbons (Fsp3) is 0.538. The number of ether oxygens (including phenoxy) is 1. The van der Waals surface area contributed by atoms with Gasteiger partial charge in [0.1, 0.15) is 0 Å². The van der Waals surface area contributed by atoms with E-state index in [2.05, 4.69) is 46.0 Å². The first-order valence-electron chi connectivity index (χ1n) is 5.95. The van der Waals surface area contributed by atoms with E-state index in [1.807, 2.05) is 0 Å². The molecule has 1 saturated heterocycles. The van der Waals surface area contributed by atoms with E-state index in [1.54, 1.807) is 0 Å². The Bertz CT molecular complexity index is 386. The average molecular weight is 319 g/mol. The van der Waals surface area contributed by atoms with Crippen LogP contribution in [0.2, 0.25) is 0 Å². The maximum Gasteiger partial charge on any atom is 0.0670 e. The fourth-order valence-electron chi connectivity index (χ4n) is 2.25. The van der Waals surface area contributed by atoms with Crippen LogP contribution >= 0.6 is 27.5 Å². The second-order valence-corrected chi connectivity index (χ2v) is 5.42. The zero-order chi connectivity index (χ0) is 12.3. The molecule has 1 aliphatic heterocycles. The highest BCUT2D eigenvalue weighted by Crippen LogP contribution is 2.29. The molecule has 0 amide bonds. The van der Waals surface area contributed by atoms with Crippen LogP contribution in [0.4, 0.5) is 5.69 Å². The smallest absolute Gasteiger partial charge is 0.0670 e. The van der Waals surface area contributed by atoms with Crippen LogP contribution in [0.15, 0.2) is 22.7 Å². The maximum absolute atomic E-state index is 6.04. The lowest BCUT2D eigenvalue weighted by Crippen LogP contribution is -2.45. The molecule has 1 aromatic rings. The minimum absolute atomic E-state index is 0.465. The fourth-order valence-corrected chi connectivity index (χ4v) is 2.87. The van der Waals surface area contributed by atoms with Crippen molar-refractivity contribution >= 4 is 33.2 Å². The quantitative estimate of drug-likeness (QED) is 0.786. The molecule has 1 heterocycles. The zero-order valence-corrected chi connectivity index (χ0v) is 12.3. The zero-order valence-electron chi connectivity index (χ0n) is 9.96. The molecule has 4 heteroatoms. The molecule has 94 valence electrons. The lowest BCUT2D eigenvalue weighted by Gasteiger charge is -2.38. The second kappa shape index (κ2) is 6.07. The summed E-state index contributed by atoms with van der Waals surface area (Å²) in [6.07, 6.45) is 1.10. The van der Waals surface area contributed by atoms with E-state index in [9.17, 15) is 0 Å². The lowest BCUT2D eigenvalue weighted by atomic mass is 10.1. The van der Waals surface area contributed by atoms with Crippen LogP contribution in [0.25, 0.3) is 0 Å². The van der Waals surface area contributed by atoms with Gasteiger partial charge in [0.15, 0.2) is 0 Å². The van der Waals surface area contributed by atoms with Crippen molar-refractivity contribution in [1.29, 1.82) is 0 Å². The largest absolute Gasteiger partial charge is 0.377 e. The van der Waals surface area contributed by atoms with Gasteiger partial charge in [-0.25, -0.2) is 0 Å². The summed E-state index contributed by atoms with van der Waals surface area (Å²) in [7, 11) is 0. The molecule has 1 aliphatic rings. The van der Waals surface area contributed by atoms with Crippen molar-refractivity contribution in [2.75, 3.05) is 24.7 Å². The minimum atomic E-state index is 0.465. The van der Waals surface area contributed by atoms with E-state index in [0.717, 1.165) is 30.7 Å². The third-order valence-corrected chi connectivity index (χ3v) is 3.97. The van der Waals surface area contributed by atoms with Crippen molar-refractivity contribution in [2.45, 2.75) is 25.3 Å². The predicted molar refractivity (Wildman–Crippen MR) is 75.9 cm³/mol. The molecule has 1 unspecified atom stereocenters. The van der Waals surface area contributed by atoms with Gasteiger partial charge >= 0.3 is 0 Å². The summed E-state index contributed by atoms with van der Waals surface area (Å²) in [6, 6.07) is 6.79. The van der Waals surface area contributed by atoms with Crippen molar-refractivity contribution in [1.82, 2.24) is 0 Å². The standard InChI is InChI=1S/C13H17BrClNO/c1-2-12-9-17-6-5-16(12)13-4-3-11(14)7-10(13)8-15/h3-4,7,12H,2,5-6,8-9H2,1H3. The van der Waals surface area contributed by atoms with Gasteiger partial charge in [0.2, 0.25) is 0 Å². The molecule has 0 saturated carbocycles. The highest BCUT2D eigenvalue weighted by molar-refractivity contribution is 9.10. The van der Waals surface area contributed by atoms with Gasteiger partial charge in [-0.15, -0.1) is 11.6 Å². The normalized spacial score (nSPS) is 20.6. The van der Waals surface area contributed by atoms with E-state index in [-0.39, 0.29) is 0 Å². The summed E-state index contributed by atoms with van der Waals surface area (Å²) in [5.41, 5.74) is 2.43. The minimum Gasteiger partial charge on any atom is -0.377 e. The molecular weight excluding hydrogens is 302 g/mol. The summed E-state index contributed by atoms with van der Waals surface area (Å²) < 4.78 is 6.62. The van der Waals surface area contributed by atoms with Gasteiger partial charge in [-0.2, -0.15) is 0 Å². The van der Waals surface area contributed by atoms with E-state index in [0.29, 0.717) is 11.9 Å².